The average molecular weight is 150 g/mol. The van der Waals surface area contributed by atoms with Crippen molar-refractivity contribution in [2.75, 3.05) is 11.5 Å². The molecule has 4 heteroatoms. The molecular weight excluding hydrogens is 140 g/mol. The van der Waals surface area contributed by atoms with Crippen LogP contribution < -0.4 is 11.5 Å². The quantitative estimate of drug-likeness (QED) is 0.611. The number of anilines is 2. The number of nitrogens with two attached hydrogens (primary N) is 2. The van der Waals surface area contributed by atoms with Crippen LogP contribution in [0.2, 0.25) is 0 Å². The molecule has 0 aromatic carbocycles. The monoisotopic (exact) mass is 150 g/mol. The fourth-order valence-corrected chi connectivity index (χ4v) is 1.01. The second-order valence-electron chi connectivity index (χ2n) is 2.88. The van der Waals surface area contributed by atoms with Gasteiger partial charge in [-0.15, -0.1) is 5.10 Å². The van der Waals surface area contributed by atoms with Gasteiger partial charge in [-0.1, -0.05) is 0 Å². The highest BCUT2D eigenvalue weighted by Gasteiger charge is 2.25. The summed E-state index contributed by atoms with van der Waals surface area (Å²) in [4.78, 5) is 0. The molecule has 0 spiro atoms. The molecule has 11 heavy (non-hydrogen) atoms. The Morgan fingerprint density at radius 3 is 2.55 bits per heavy atom. The first kappa shape index (κ1) is 6.39. The lowest BCUT2D eigenvalue weighted by Gasteiger charge is -1.99. The summed E-state index contributed by atoms with van der Waals surface area (Å²) in [6, 6.07) is 1.82. The molecule has 0 bridgehead atoms. The molecule has 0 amide bonds. The first-order valence-electron chi connectivity index (χ1n) is 3.66. The molecule has 0 unspecified atom stereocenters. The van der Waals surface area contributed by atoms with Crippen molar-refractivity contribution >= 4 is 11.5 Å². The summed E-state index contributed by atoms with van der Waals surface area (Å²) in [5, 5.41) is 7.69. The fraction of sp³-hybridized carbons (Fsp3) is 0.429. The van der Waals surface area contributed by atoms with Crippen LogP contribution in [-0.2, 0) is 0 Å². The zero-order valence-electron chi connectivity index (χ0n) is 6.12. The Kier molecular flexibility index (Phi) is 1.21. The van der Waals surface area contributed by atoms with Crippen LogP contribution in [0.1, 0.15) is 24.5 Å². The van der Waals surface area contributed by atoms with Gasteiger partial charge in [-0.25, -0.2) is 0 Å². The molecule has 4 N–H and O–H groups in total. The minimum Gasteiger partial charge on any atom is -0.396 e. The minimum absolute atomic E-state index is 0.328. The summed E-state index contributed by atoms with van der Waals surface area (Å²) in [6.07, 6.45) is 2.41. The van der Waals surface area contributed by atoms with E-state index in [1.807, 2.05) is 6.07 Å². The van der Waals surface area contributed by atoms with Crippen molar-refractivity contribution in [2.45, 2.75) is 18.8 Å². The molecule has 1 aliphatic rings. The standard InChI is InChI=1S/C7H10N4/c8-5-3-6(4-1-2-4)10-11-7(5)9/h3-4H,1-2H2,(H2,8,10)(H2,9,11). The third-order valence-corrected chi connectivity index (χ3v) is 1.87. The maximum atomic E-state index is 5.56. The molecular formula is C7H10N4. The first-order chi connectivity index (χ1) is 5.27. The Morgan fingerprint density at radius 1 is 1.27 bits per heavy atom. The lowest BCUT2D eigenvalue weighted by atomic mass is 10.2. The lowest BCUT2D eigenvalue weighted by Crippen LogP contribution is -2.01. The van der Waals surface area contributed by atoms with E-state index >= 15 is 0 Å². The second-order valence-corrected chi connectivity index (χ2v) is 2.88. The van der Waals surface area contributed by atoms with Gasteiger partial charge >= 0.3 is 0 Å². The number of aromatic nitrogens is 2. The van der Waals surface area contributed by atoms with E-state index in [0.29, 0.717) is 17.4 Å². The predicted octanol–water partition coefficient (Wildman–Crippen LogP) is 0.518. The zero-order chi connectivity index (χ0) is 7.84. The number of nitrogen functional groups attached to an aromatic ring is 2. The zero-order valence-corrected chi connectivity index (χ0v) is 6.12. The molecule has 4 nitrogen and oxygen atoms in total. The molecule has 1 fully saturated rings. The van der Waals surface area contributed by atoms with Crippen molar-refractivity contribution in [1.82, 2.24) is 10.2 Å². The second kappa shape index (κ2) is 2.08. The van der Waals surface area contributed by atoms with Crippen molar-refractivity contribution in [3.8, 4) is 0 Å². The fourth-order valence-electron chi connectivity index (χ4n) is 1.01. The van der Waals surface area contributed by atoms with Gasteiger partial charge in [-0.2, -0.15) is 5.10 Å². The van der Waals surface area contributed by atoms with Gasteiger partial charge < -0.3 is 11.5 Å². The Bertz CT molecular complexity index is 280. The van der Waals surface area contributed by atoms with Crippen molar-refractivity contribution in [1.29, 1.82) is 0 Å². The predicted molar refractivity (Wildman–Crippen MR) is 42.8 cm³/mol. The molecule has 2 rings (SSSR count). The molecule has 58 valence electrons. The SMILES string of the molecule is Nc1cc(C2CC2)nnc1N. The molecule has 0 saturated heterocycles. The maximum Gasteiger partial charge on any atom is 0.169 e. The van der Waals surface area contributed by atoms with Crippen molar-refractivity contribution in [3.63, 3.8) is 0 Å². The van der Waals surface area contributed by atoms with Gasteiger partial charge in [0.2, 0.25) is 0 Å². The van der Waals surface area contributed by atoms with Gasteiger partial charge in [-0.05, 0) is 18.9 Å². The number of rotatable bonds is 1. The molecule has 0 aliphatic heterocycles. The highest BCUT2D eigenvalue weighted by atomic mass is 15.1. The van der Waals surface area contributed by atoms with Gasteiger partial charge in [-0.3, -0.25) is 0 Å². The van der Waals surface area contributed by atoms with Gasteiger partial charge in [0.25, 0.3) is 0 Å². The molecule has 0 radical (unpaired) electrons. The summed E-state index contributed by atoms with van der Waals surface area (Å²) < 4.78 is 0. The molecule has 1 heterocycles. The highest BCUT2D eigenvalue weighted by molar-refractivity contribution is 5.57. The van der Waals surface area contributed by atoms with Crippen molar-refractivity contribution in [3.05, 3.63) is 11.8 Å². The number of hydrogen-bond acceptors (Lipinski definition) is 4. The van der Waals surface area contributed by atoms with Crippen LogP contribution in [0.4, 0.5) is 11.5 Å². The Morgan fingerprint density at radius 2 is 2.00 bits per heavy atom. The van der Waals surface area contributed by atoms with Crippen molar-refractivity contribution < 1.29 is 0 Å². The van der Waals surface area contributed by atoms with E-state index in [1.165, 1.54) is 12.8 Å². The average Bonchev–Trinajstić information content (AvgIpc) is 2.77. The van der Waals surface area contributed by atoms with Crippen LogP contribution in [0.5, 0.6) is 0 Å². The van der Waals surface area contributed by atoms with Crippen LogP contribution in [0.3, 0.4) is 0 Å². The van der Waals surface area contributed by atoms with Gasteiger partial charge in [0.1, 0.15) is 0 Å². The van der Waals surface area contributed by atoms with E-state index in [1.54, 1.807) is 0 Å². The Labute approximate surface area is 64.6 Å². The van der Waals surface area contributed by atoms with E-state index in [4.69, 9.17) is 11.5 Å². The maximum absolute atomic E-state index is 5.56. The molecule has 0 atom stereocenters. The smallest absolute Gasteiger partial charge is 0.169 e. The lowest BCUT2D eigenvalue weighted by molar-refractivity contribution is 0.919. The summed E-state index contributed by atoms with van der Waals surface area (Å²) in [7, 11) is 0. The third-order valence-electron chi connectivity index (χ3n) is 1.87. The van der Waals surface area contributed by atoms with E-state index in [2.05, 4.69) is 10.2 Å². The van der Waals surface area contributed by atoms with Gasteiger partial charge in [0, 0.05) is 5.92 Å². The van der Waals surface area contributed by atoms with Crippen LogP contribution in [0, 0.1) is 0 Å². The van der Waals surface area contributed by atoms with Crippen molar-refractivity contribution in [2.24, 2.45) is 0 Å². The summed E-state index contributed by atoms with van der Waals surface area (Å²) in [5.41, 5.74) is 12.5. The summed E-state index contributed by atoms with van der Waals surface area (Å²) in [6.45, 7) is 0. The van der Waals surface area contributed by atoms with E-state index < -0.39 is 0 Å². The third kappa shape index (κ3) is 1.11. The van der Waals surface area contributed by atoms with E-state index in [0.717, 1.165) is 5.69 Å². The Balaban J connectivity index is 2.36. The Hall–Kier alpha value is -1.32. The highest BCUT2D eigenvalue weighted by Crippen LogP contribution is 2.39. The molecule has 1 aromatic rings. The minimum atomic E-state index is 0.328. The topological polar surface area (TPSA) is 77.8 Å². The normalized spacial score (nSPS) is 16.7. The number of hydrogen-bond donors (Lipinski definition) is 2. The molecule has 1 saturated carbocycles. The molecule has 1 aromatic heterocycles. The number of nitrogens with zero attached hydrogens (tertiary/aromatic N) is 2. The van der Waals surface area contributed by atoms with Crippen LogP contribution >= 0.6 is 0 Å². The molecule has 1 aliphatic carbocycles. The van der Waals surface area contributed by atoms with E-state index in [9.17, 15) is 0 Å². The largest absolute Gasteiger partial charge is 0.396 e. The van der Waals surface area contributed by atoms with Crippen LogP contribution in [-0.4, -0.2) is 10.2 Å². The first-order valence-corrected chi connectivity index (χ1v) is 3.66. The van der Waals surface area contributed by atoms with E-state index in [-0.39, 0.29) is 0 Å². The summed E-state index contributed by atoms with van der Waals surface area (Å²) in [5.74, 6) is 0.916. The summed E-state index contributed by atoms with van der Waals surface area (Å²) >= 11 is 0. The van der Waals surface area contributed by atoms with Crippen LogP contribution in [0.15, 0.2) is 6.07 Å². The van der Waals surface area contributed by atoms with Gasteiger partial charge in [0.05, 0.1) is 11.4 Å². The van der Waals surface area contributed by atoms with Gasteiger partial charge in [0.15, 0.2) is 5.82 Å². The van der Waals surface area contributed by atoms with Crippen LogP contribution in [0.25, 0.3) is 0 Å².